The van der Waals surface area contributed by atoms with Gasteiger partial charge in [0.1, 0.15) is 8.79 Å². The molecule has 0 spiro atoms. The number of halogens is 1. The predicted molar refractivity (Wildman–Crippen MR) is 49.0 cm³/mol. The molecule has 1 amide bonds. The van der Waals surface area contributed by atoms with Crippen molar-refractivity contribution >= 4 is 33.2 Å². The van der Waals surface area contributed by atoms with Gasteiger partial charge in [-0.2, -0.15) is 0 Å². The molecular formula is C6H7BrN2O2S. The van der Waals surface area contributed by atoms with Gasteiger partial charge in [0.2, 0.25) is 0 Å². The van der Waals surface area contributed by atoms with Crippen LogP contribution in [0, 0.1) is 0 Å². The molecule has 0 aromatic carbocycles. The van der Waals surface area contributed by atoms with Crippen molar-refractivity contribution < 1.29 is 9.53 Å². The van der Waals surface area contributed by atoms with Crippen molar-refractivity contribution in [3.05, 3.63) is 14.5 Å². The van der Waals surface area contributed by atoms with Crippen LogP contribution in [-0.2, 0) is 11.3 Å². The molecular weight excluding hydrogens is 244 g/mol. The van der Waals surface area contributed by atoms with Crippen molar-refractivity contribution in [2.75, 3.05) is 7.11 Å². The van der Waals surface area contributed by atoms with Crippen LogP contribution in [0.2, 0.25) is 0 Å². The lowest BCUT2D eigenvalue weighted by molar-refractivity contribution is 0.0995. The van der Waals surface area contributed by atoms with Gasteiger partial charge in [-0.15, -0.1) is 11.3 Å². The molecule has 0 unspecified atom stereocenters. The van der Waals surface area contributed by atoms with Crippen LogP contribution in [0.4, 0.5) is 0 Å². The first-order valence-electron chi connectivity index (χ1n) is 3.09. The predicted octanol–water partition coefficient (Wildman–Crippen LogP) is 1.15. The molecule has 4 nitrogen and oxygen atoms in total. The van der Waals surface area contributed by atoms with E-state index >= 15 is 0 Å². The molecule has 0 fully saturated rings. The largest absolute Gasteiger partial charge is 0.378 e. The monoisotopic (exact) mass is 250 g/mol. The highest BCUT2D eigenvalue weighted by molar-refractivity contribution is 9.11. The molecule has 1 aromatic heterocycles. The fraction of sp³-hybridized carbons (Fsp3) is 0.333. The maximum atomic E-state index is 10.7. The van der Waals surface area contributed by atoms with Gasteiger partial charge in [-0.1, -0.05) is 0 Å². The van der Waals surface area contributed by atoms with Crippen molar-refractivity contribution in [1.29, 1.82) is 0 Å². The third-order valence-corrected chi connectivity index (χ3v) is 2.81. The van der Waals surface area contributed by atoms with Gasteiger partial charge < -0.3 is 10.5 Å². The topological polar surface area (TPSA) is 65.2 Å². The van der Waals surface area contributed by atoms with Gasteiger partial charge in [0.25, 0.3) is 5.91 Å². The molecule has 0 radical (unpaired) electrons. The maximum absolute atomic E-state index is 10.7. The van der Waals surface area contributed by atoms with Crippen LogP contribution in [0.15, 0.2) is 3.79 Å². The number of carbonyl (C=O) groups excluding carboxylic acids is 1. The summed E-state index contributed by atoms with van der Waals surface area (Å²) in [4.78, 5) is 14.7. The Hall–Kier alpha value is -0.460. The Kier molecular flexibility index (Phi) is 3.19. The molecule has 0 saturated carbocycles. The van der Waals surface area contributed by atoms with Crippen molar-refractivity contribution in [1.82, 2.24) is 4.98 Å². The summed E-state index contributed by atoms with van der Waals surface area (Å²) in [6.07, 6.45) is 0. The summed E-state index contributed by atoms with van der Waals surface area (Å²) < 4.78 is 5.51. The second kappa shape index (κ2) is 3.97. The molecule has 1 aromatic rings. The van der Waals surface area contributed by atoms with Gasteiger partial charge in [0, 0.05) is 7.11 Å². The Morgan fingerprint density at radius 2 is 2.50 bits per heavy atom. The van der Waals surface area contributed by atoms with Crippen LogP contribution >= 0.6 is 27.3 Å². The van der Waals surface area contributed by atoms with Gasteiger partial charge >= 0.3 is 0 Å². The minimum atomic E-state index is -0.527. The van der Waals surface area contributed by atoms with E-state index in [0.717, 1.165) is 5.01 Å². The molecule has 6 heteroatoms. The lowest BCUT2D eigenvalue weighted by Crippen LogP contribution is -2.12. The van der Waals surface area contributed by atoms with E-state index in [-0.39, 0.29) is 5.69 Å². The maximum Gasteiger partial charge on any atom is 0.269 e. The third-order valence-electron chi connectivity index (χ3n) is 1.13. The van der Waals surface area contributed by atoms with E-state index < -0.39 is 5.91 Å². The fourth-order valence-electron chi connectivity index (χ4n) is 0.680. The third kappa shape index (κ3) is 2.02. The lowest BCUT2D eigenvalue weighted by atomic mass is 10.5. The quantitative estimate of drug-likeness (QED) is 0.876. The molecule has 0 aliphatic rings. The summed E-state index contributed by atoms with van der Waals surface area (Å²) in [7, 11) is 1.57. The summed E-state index contributed by atoms with van der Waals surface area (Å²) in [5.74, 6) is -0.527. The van der Waals surface area contributed by atoms with Crippen molar-refractivity contribution in [3.63, 3.8) is 0 Å². The molecule has 2 N–H and O–H groups in total. The number of methoxy groups -OCH3 is 1. The Morgan fingerprint density at radius 3 is 2.92 bits per heavy atom. The number of ether oxygens (including phenoxy) is 1. The zero-order chi connectivity index (χ0) is 9.14. The molecule has 1 rings (SSSR count). The number of hydrogen-bond donors (Lipinski definition) is 1. The minimum absolute atomic E-state index is 0.270. The van der Waals surface area contributed by atoms with Gasteiger partial charge in [-0.3, -0.25) is 4.79 Å². The zero-order valence-corrected chi connectivity index (χ0v) is 8.74. The second-order valence-corrected chi connectivity index (χ2v) is 4.43. The molecule has 0 bridgehead atoms. The number of hydrogen-bond acceptors (Lipinski definition) is 4. The fourth-order valence-corrected chi connectivity index (χ4v) is 2.29. The summed E-state index contributed by atoms with van der Waals surface area (Å²) in [5, 5.41) is 0.734. The first kappa shape index (κ1) is 9.63. The Bertz CT molecular complexity index is 300. The number of primary amides is 1. The standard InChI is InChI=1S/C6H7BrN2O2S/c1-11-2-3-9-4(6(8)10)5(7)12-3/h2H2,1H3,(H2,8,10). The number of nitrogens with two attached hydrogens (primary N) is 1. The number of rotatable bonds is 3. The van der Waals surface area contributed by atoms with Crippen molar-refractivity contribution in [2.24, 2.45) is 5.73 Å². The van der Waals surface area contributed by atoms with Crippen LogP contribution in [0.5, 0.6) is 0 Å². The Morgan fingerprint density at radius 1 is 1.83 bits per heavy atom. The molecule has 12 heavy (non-hydrogen) atoms. The summed E-state index contributed by atoms with van der Waals surface area (Å²) in [6, 6.07) is 0. The summed E-state index contributed by atoms with van der Waals surface area (Å²) >= 11 is 4.53. The first-order chi connectivity index (χ1) is 5.65. The highest BCUT2D eigenvalue weighted by Crippen LogP contribution is 2.24. The lowest BCUT2D eigenvalue weighted by Gasteiger charge is -1.89. The molecule has 0 atom stereocenters. The Balaban J connectivity index is 2.92. The van der Waals surface area contributed by atoms with E-state index in [4.69, 9.17) is 10.5 Å². The van der Waals surface area contributed by atoms with Crippen LogP contribution < -0.4 is 5.73 Å². The number of nitrogens with zero attached hydrogens (tertiary/aromatic N) is 1. The summed E-state index contributed by atoms with van der Waals surface area (Å²) in [6.45, 7) is 0.399. The highest BCUT2D eigenvalue weighted by Gasteiger charge is 2.12. The van der Waals surface area contributed by atoms with E-state index in [2.05, 4.69) is 20.9 Å². The summed E-state index contributed by atoms with van der Waals surface area (Å²) in [5.41, 5.74) is 5.33. The van der Waals surface area contributed by atoms with Crippen LogP contribution in [0.3, 0.4) is 0 Å². The Labute approximate surface area is 81.9 Å². The SMILES string of the molecule is COCc1nc(C(N)=O)c(Br)s1. The van der Waals surface area contributed by atoms with Crippen LogP contribution in [0.1, 0.15) is 15.5 Å². The van der Waals surface area contributed by atoms with Crippen molar-refractivity contribution in [3.8, 4) is 0 Å². The van der Waals surface area contributed by atoms with E-state index in [0.29, 0.717) is 10.4 Å². The number of aromatic nitrogens is 1. The zero-order valence-electron chi connectivity index (χ0n) is 6.33. The van der Waals surface area contributed by atoms with Crippen LogP contribution in [-0.4, -0.2) is 18.0 Å². The first-order valence-corrected chi connectivity index (χ1v) is 4.70. The molecule has 0 aliphatic heterocycles. The van der Waals surface area contributed by atoms with Gasteiger partial charge in [-0.25, -0.2) is 4.98 Å². The average molecular weight is 251 g/mol. The molecule has 66 valence electrons. The molecule has 0 saturated heterocycles. The number of amides is 1. The average Bonchev–Trinajstić information content (AvgIpc) is 2.32. The van der Waals surface area contributed by atoms with Gasteiger partial charge in [0.15, 0.2) is 5.69 Å². The van der Waals surface area contributed by atoms with Crippen LogP contribution in [0.25, 0.3) is 0 Å². The normalized spacial score (nSPS) is 10.2. The van der Waals surface area contributed by atoms with E-state index in [1.165, 1.54) is 11.3 Å². The minimum Gasteiger partial charge on any atom is -0.378 e. The molecule has 0 aliphatic carbocycles. The van der Waals surface area contributed by atoms with Crippen molar-refractivity contribution in [2.45, 2.75) is 6.61 Å². The smallest absolute Gasteiger partial charge is 0.269 e. The second-order valence-electron chi connectivity index (χ2n) is 2.03. The number of carbonyl (C=O) groups is 1. The number of thiazole rings is 1. The highest BCUT2D eigenvalue weighted by atomic mass is 79.9. The van der Waals surface area contributed by atoms with Gasteiger partial charge in [0.05, 0.1) is 6.61 Å². The van der Waals surface area contributed by atoms with Gasteiger partial charge in [-0.05, 0) is 15.9 Å². The van der Waals surface area contributed by atoms with E-state index in [1.807, 2.05) is 0 Å². The van der Waals surface area contributed by atoms with E-state index in [1.54, 1.807) is 7.11 Å². The van der Waals surface area contributed by atoms with E-state index in [9.17, 15) is 4.79 Å². The molecule has 1 heterocycles.